The lowest BCUT2D eigenvalue weighted by Crippen LogP contribution is -2.06. The molecule has 2 heteroatoms. The Balaban J connectivity index is 1.57. The lowest BCUT2D eigenvalue weighted by atomic mass is 10.0. The van der Waals surface area contributed by atoms with Crippen LogP contribution in [0.5, 0.6) is 5.75 Å². The van der Waals surface area contributed by atoms with Crippen LogP contribution in [0.2, 0.25) is 0 Å². The predicted molar refractivity (Wildman–Crippen MR) is 76.6 cm³/mol. The number of hydrogen-bond acceptors (Lipinski definition) is 2. The van der Waals surface area contributed by atoms with Gasteiger partial charge in [0.1, 0.15) is 5.75 Å². The summed E-state index contributed by atoms with van der Waals surface area (Å²) in [5, 5.41) is 3.59. The van der Waals surface area contributed by atoms with Gasteiger partial charge in [-0.2, -0.15) is 0 Å². The zero-order valence-corrected chi connectivity index (χ0v) is 10.8. The first-order chi connectivity index (χ1) is 9.38. The topological polar surface area (TPSA) is 21.3 Å². The van der Waals surface area contributed by atoms with E-state index < -0.39 is 0 Å². The van der Waals surface area contributed by atoms with Gasteiger partial charge in [0, 0.05) is 5.69 Å². The van der Waals surface area contributed by atoms with Crippen LogP contribution < -0.4 is 10.1 Å². The van der Waals surface area contributed by atoms with Crippen LogP contribution in [-0.2, 0) is 6.42 Å². The van der Waals surface area contributed by atoms with E-state index in [1.54, 1.807) is 0 Å². The molecule has 0 aromatic heterocycles. The first-order valence-corrected chi connectivity index (χ1v) is 6.99. The number of ether oxygens (including phenoxy) is 1. The third kappa shape index (κ3) is 2.19. The van der Waals surface area contributed by atoms with Crippen LogP contribution in [0.1, 0.15) is 30.0 Å². The Morgan fingerprint density at radius 3 is 2.74 bits per heavy atom. The molecule has 0 spiro atoms. The molecule has 2 aliphatic rings. The zero-order valence-electron chi connectivity index (χ0n) is 10.8. The van der Waals surface area contributed by atoms with Crippen LogP contribution in [0, 0.1) is 0 Å². The molecule has 1 aliphatic carbocycles. The molecule has 0 bridgehead atoms. The Bertz CT molecular complexity index is 579. The maximum absolute atomic E-state index is 5.87. The lowest BCUT2D eigenvalue weighted by molar-refractivity contribution is 0.303. The molecule has 1 N–H and O–H groups in total. The minimum absolute atomic E-state index is 0.375. The second kappa shape index (κ2) is 4.30. The van der Waals surface area contributed by atoms with Gasteiger partial charge in [-0.05, 0) is 48.6 Å². The highest BCUT2D eigenvalue weighted by molar-refractivity contribution is 5.58. The lowest BCUT2D eigenvalue weighted by Gasteiger charge is -2.13. The summed E-state index contributed by atoms with van der Waals surface area (Å²) in [6, 6.07) is 17.4. The van der Waals surface area contributed by atoms with Gasteiger partial charge < -0.3 is 10.1 Å². The number of benzene rings is 2. The summed E-state index contributed by atoms with van der Waals surface area (Å²) in [6.45, 7) is 0. The van der Waals surface area contributed by atoms with Gasteiger partial charge in [0.25, 0.3) is 0 Å². The smallest absolute Gasteiger partial charge is 0.120 e. The molecule has 2 aromatic carbocycles. The van der Waals surface area contributed by atoms with Crippen molar-refractivity contribution in [3.05, 3.63) is 59.7 Å². The Hall–Kier alpha value is -1.96. The summed E-state index contributed by atoms with van der Waals surface area (Å²) >= 11 is 0. The average molecular weight is 251 g/mol. The fourth-order valence-electron chi connectivity index (χ4n) is 2.68. The van der Waals surface area contributed by atoms with E-state index in [9.17, 15) is 0 Å². The van der Waals surface area contributed by atoms with Gasteiger partial charge in [-0.15, -0.1) is 0 Å². The van der Waals surface area contributed by atoms with Crippen LogP contribution >= 0.6 is 0 Å². The van der Waals surface area contributed by atoms with E-state index in [2.05, 4.69) is 53.8 Å². The second-order valence-corrected chi connectivity index (χ2v) is 5.45. The summed E-state index contributed by atoms with van der Waals surface area (Å²) in [7, 11) is 0. The maximum Gasteiger partial charge on any atom is 0.120 e. The molecule has 1 saturated carbocycles. The highest BCUT2D eigenvalue weighted by Crippen LogP contribution is 2.35. The van der Waals surface area contributed by atoms with E-state index in [0.29, 0.717) is 12.1 Å². The number of para-hydroxylation sites is 1. The molecule has 4 rings (SSSR count). The first kappa shape index (κ1) is 10.9. The molecule has 1 heterocycles. The summed E-state index contributed by atoms with van der Waals surface area (Å²) in [6.07, 6.45) is 3.93. The van der Waals surface area contributed by atoms with Gasteiger partial charge >= 0.3 is 0 Å². The van der Waals surface area contributed by atoms with Gasteiger partial charge in [-0.3, -0.25) is 0 Å². The van der Waals surface area contributed by atoms with Crippen LogP contribution in [0.25, 0.3) is 0 Å². The molecule has 19 heavy (non-hydrogen) atoms. The van der Waals surface area contributed by atoms with Crippen LogP contribution in [0.15, 0.2) is 48.5 Å². The SMILES string of the molecule is c1cc(OC2CC2)cc(C2Cc3ccccc3N2)c1. The van der Waals surface area contributed by atoms with Crippen molar-refractivity contribution < 1.29 is 4.74 Å². The van der Waals surface area contributed by atoms with E-state index in [0.717, 1.165) is 12.2 Å². The van der Waals surface area contributed by atoms with E-state index >= 15 is 0 Å². The molecule has 0 amide bonds. The second-order valence-electron chi connectivity index (χ2n) is 5.45. The Kier molecular flexibility index (Phi) is 2.47. The molecule has 1 fully saturated rings. The van der Waals surface area contributed by atoms with E-state index in [4.69, 9.17) is 4.74 Å². The van der Waals surface area contributed by atoms with Crippen LogP contribution in [0.3, 0.4) is 0 Å². The fourth-order valence-corrected chi connectivity index (χ4v) is 2.68. The van der Waals surface area contributed by atoms with Crippen molar-refractivity contribution in [2.75, 3.05) is 5.32 Å². The predicted octanol–water partition coefficient (Wildman–Crippen LogP) is 3.94. The average Bonchev–Trinajstić information content (AvgIpc) is 3.14. The van der Waals surface area contributed by atoms with E-state index in [-0.39, 0.29) is 0 Å². The molecule has 1 unspecified atom stereocenters. The summed E-state index contributed by atoms with van der Waals surface area (Å²) in [5.74, 6) is 1.01. The summed E-state index contributed by atoms with van der Waals surface area (Å²) in [5.41, 5.74) is 3.98. The van der Waals surface area contributed by atoms with E-state index in [1.165, 1.54) is 29.7 Å². The molecule has 0 radical (unpaired) electrons. The molecule has 2 aromatic rings. The van der Waals surface area contributed by atoms with Gasteiger partial charge in [-0.25, -0.2) is 0 Å². The maximum atomic E-state index is 5.87. The Morgan fingerprint density at radius 1 is 1.00 bits per heavy atom. The molecule has 0 saturated heterocycles. The van der Waals surface area contributed by atoms with Crippen molar-refractivity contribution in [3.63, 3.8) is 0 Å². The molecule has 1 atom stereocenters. The van der Waals surface area contributed by atoms with E-state index in [1.807, 2.05) is 0 Å². The molecule has 2 nitrogen and oxygen atoms in total. The van der Waals surface area contributed by atoms with Crippen molar-refractivity contribution >= 4 is 5.69 Å². The van der Waals surface area contributed by atoms with Crippen LogP contribution in [-0.4, -0.2) is 6.10 Å². The number of rotatable bonds is 3. The van der Waals surface area contributed by atoms with Gasteiger partial charge in [0.15, 0.2) is 0 Å². The van der Waals surface area contributed by atoms with Gasteiger partial charge in [0.2, 0.25) is 0 Å². The summed E-state index contributed by atoms with van der Waals surface area (Å²) in [4.78, 5) is 0. The molecular weight excluding hydrogens is 234 g/mol. The minimum Gasteiger partial charge on any atom is -0.490 e. The fraction of sp³-hybridized carbons (Fsp3) is 0.294. The minimum atomic E-state index is 0.375. The van der Waals surface area contributed by atoms with Gasteiger partial charge in [-0.1, -0.05) is 30.3 Å². The van der Waals surface area contributed by atoms with Crippen molar-refractivity contribution in [3.8, 4) is 5.75 Å². The highest BCUT2D eigenvalue weighted by atomic mass is 16.5. The zero-order chi connectivity index (χ0) is 12.7. The molecule has 1 aliphatic heterocycles. The Labute approximate surface area is 113 Å². The summed E-state index contributed by atoms with van der Waals surface area (Å²) < 4.78 is 5.87. The van der Waals surface area contributed by atoms with Crippen molar-refractivity contribution in [1.29, 1.82) is 0 Å². The largest absolute Gasteiger partial charge is 0.490 e. The number of fused-ring (bicyclic) bond motifs is 1. The standard InChI is InChI=1S/C17H17NO/c1-2-7-16-13(4-1)11-17(18-16)12-5-3-6-15(10-12)19-14-8-9-14/h1-7,10,14,17-18H,8-9,11H2. The van der Waals surface area contributed by atoms with Gasteiger partial charge in [0.05, 0.1) is 12.1 Å². The molecule has 96 valence electrons. The Morgan fingerprint density at radius 2 is 1.89 bits per heavy atom. The number of hydrogen-bond donors (Lipinski definition) is 1. The third-order valence-electron chi connectivity index (χ3n) is 3.86. The normalized spacial score (nSPS) is 20.7. The number of nitrogens with one attached hydrogen (secondary N) is 1. The first-order valence-electron chi connectivity index (χ1n) is 6.99. The third-order valence-corrected chi connectivity index (χ3v) is 3.86. The highest BCUT2D eigenvalue weighted by Gasteiger charge is 2.25. The monoisotopic (exact) mass is 251 g/mol. The van der Waals surface area contributed by atoms with Crippen molar-refractivity contribution in [2.24, 2.45) is 0 Å². The van der Waals surface area contributed by atoms with Crippen molar-refractivity contribution in [2.45, 2.75) is 31.4 Å². The molecular formula is C17H17NO. The van der Waals surface area contributed by atoms with Crippen LogP contribution in [0.4, 0.5) is 5.69 Å². The van der Waals surface area contributed by atoms with Crippen molar-refractivity contribution in [1.82, 2.24) is 0 Å². The number of anilines is 1. The quantitative estimate of drug-likeness (QED) is 0.892.